The van der Waals surface area contributed by atoms with Crippen LogP contribution >= 0.6 is 0 Å². The van der Waals surface area contributed by atoms with Gasteiger partial charge in [0.05, 0.1) is 5.41 Å². The van der Waals surface area contributed by atoms with Gasteiger partial charge in [0.2, 0.25) is 5.91 Å². The molecule has 0 spiro atoms. The fraction of sp³-hybridized carbons (Fsp3) is 0.632. The molecule has 4 fully saturated rings. The molecular weight excluding hydrogens is 296 g/mol. The smallest absolute Gasteiger partial charge is 0.228 e. The van der Waals surface area contributed by atoms with Gasteiger partial charge >= 0.3 is 0 Å². The fourth-order valence-corrected chi connectivity index (χ4v) is 5.75. The van der Waals surface area contributed by atoms with Gasteiger partial charge in [0.15, 0.2) is 0 Å². The van der Waals surface area contributed by atoms with Crippen molar-refractivity contribution in [2.75, 3.05) is 7.05 Å². The molecule has 124 valence electrons. The van der Waals surface area contributed by atoms with Crippen molar-refractivity contribution in [2.24, 2.45) is 23.2 Å². The van der Waals surface area contributed by atoms with Crippen molar-refractivity contribution in [1.29, 1.82) is 0 Å². The quantitative estimate of drug-likeness (QED) is 0.820. The summed E-state index contributed by atoms with van der Waals surface area (Å²) >= 11 is 0. The van der Waals surface area contributed by atoms with Gasteiger partial charge in [-0.1, -0.05) is 6.07 Å². The van der Waals surface area contributed by atoms with E-state index >= 15 is 0 Å². The molecule has 0 unspecified atom stereocenters. The highest BCUT2D eigenvalue weighted by Crippen LogP contribution is 2.60. The van der Waals surface area contributed by atoms with E-state index < -0.39 is 11.6 Å². The molecule has 0 radical (unpaired) electrons. The van der Waals surface area contributed by atoms with Crippen LogP contribution in [-0.4, -0.2) is 17.9 Å². The summed E-state index contributed by atoms with van der Waals surface area (Å²) in [5.41, 5.74) is 0.173. The standard InChI is InChI=1S/C19H23F2NO/c1-22(11-15-2-3-16(20)7-17(15)21)18(23)19-8-12-4-13(9-19)6-14(5-12)10-19/h2-3,7,12-14H,4-6,8-11H2,1H3. The number of amides is 1. The molecule has 0 heterocycles. The normalized spacial score (nSPS) is 34.7. The maximum atomic E-state index is 13.9. The molecule has 0 saturated heterocycles. The van der Waals surface area contributed by atoms with Crippen LogP contribution < -0.4 is 0 Å². The van der Waals surface area contributed by atoms with Crippen LogP contribution in [0.4, 0.5) is 8.78 Å². The second kappa shape index (κ2) is 5.29. The van der Waals surface area contributed by atoms with Crippen LogP contribution in [0, 0.1) is 34.8 Å². The Morgan fingerprint density at radius 3 is 2.22 bits per heavy atom. The number of rotatable bonds is 3. The van der Waals surface area contributed by atoms with Crippen molar-refractivity contribution in [3.05, 3.63) is 35.4 Å². The molecule has 0 aliphatic heterocycles. The zero-order chi connectivity index (χ0) is 16.2. The van der Waals surface area contributed by atoms with Crippen LogP contribution in [0.15, 0.2) is 18.2 Å². The third-order valence-electron chi connectivity index (χ3n) is 6.26. The molecule has 0 aromatic heterocycles. The molecule has 0 N–H and O–H groups in total. The number of nitrogens with zero attached hydrogens (tertiary/aromatic N) is 1. The van der Waals surface area contributed by atoms with Gasteiger partial charge in [-0.25, -0.2) is 8.78 Å². The van der Waals surface area contributed by atoms with Gasteiger partial charge in [0.25, 0.3) is 0 Å². The van der Waals surface area contributed by atoms with Crippen LogP contribution in [-0.2, 0) is 11.3 Å². The minimum atomic E-state index is -0.582. The van der Waals surface area contributed by atoms with E-state index in [4.69, 9.17) is 0 Å². The lowest BCUT2D eigenvalue weighted by atomic mass is 9.49. The zero-order valence-corrected chi connectivity index (χ0v) is 13.5. The number of carbonyl (C=O) groups excluding carboxylic acids is 1. The molecule has 4 heteroatoms. The third kappa shape index (κ3) is 2.56. The minimum absolute atomic E-state index is 0.167. The summed E-state index contributed by atoms with van der Waals surface area (Å²) in [7, 11) is 1.75. The summed E-state index contributed by atoms with van der Waals surface area (Å²) in [5.74, 6) is 1.14. The molecule has 5 rings (SSSR count). The maximum Gasteiger partial charge on any atom is 0.228 e. The molecule has 0 atom stereocenters. The summed E-state index contributed by atoms with van der Waals surface area (Å²) in [6.07, 6.45) is 6.91. The van der Waals surface area contributed by atoms with Gasteiger partial charge in [-0.15, -0.1) is 0 Å². The highest BCUT2D eigenvalue weighted by atomic mass is 19.1. The van der Waals surface area contributed by atoms with E-state index in [2.05, 4.69) is 0 Å². The second-order valence-corrected chi connectivity index (χ2v) is 8.09. The van der Waals surface area contributed by atoms with E-state index in [1.807, 2.05) is 0 Å². The first-order valence-electron chi connectivity index (χ1n) is 8.65. The van der Waals surface area contributed by atoms with E-state index in [9.17, 15) is 13.6 Å². The Morgan fingerprint density at radius 2 is 1.70 bits per heavy atom. The zero-order valence-electron chi connectivity index (χ0n) is 13.5. The summed E-state index contributed by atoms with van der Waals surface area (Å²) in [5, 5.41) is 0. The number of hydrogen-bond acceptors (Lipinski definition) is 1. The second-order valence-electron chi connectivity index (χ2n) is 8.09. The van der Waals surface area contributed by atoms with E-state index in [0.717, 1.165) is 25.3 Å². The predicted octanol–water partition coefficient (Wildman–Crippen LogP) is 4.14. The number of halogens is 2. The Balaban J connectivity index is 1.52. The van der Waals surface area contributed by atoms with Gasteiger partial charge in [0.1, 0.15) is 11.6 Å². The van der Waals surface area contributed by atoms with Gasteiger partial charge in [-0.3, -0.25) is 4.79 Å². The largest absolute Gasteiger partial charge is 0.341 e. The molecule has 23 heavy (non-hydrogen) atoms. The Morgan fingerprint density at radius 1 is 1.13 bits per heavy atom. The van der Waals surface area contributed by atoms with Crippen LogP contribution in [0.25, 0.3) is 0 Å². The van der Waals surface area contributed by atoms with Crippen molar-refractivity contribution in [1.82, 2.24) is 4.90 Å². The average Bonchev–Trinajstić information content (AvgIpc) is 2.48. The summed E-state index contributed by atoms with van der Waals surface area (Å²) in [4.78, 5) is 14.8. The Hall–Kier alpha value is -1.45. The maximum absolute atomic E-state index is 13.9. The van der Waals surface area contributed by atoms with E-state index in [-0.39, 0.29) is 17.9 Å². The number of benzene rings is 1. The molecule has 4 saturated carbocycles. The molecule has 2 nitrogen and oxygen atoms in total. The molecule has 4 aliphatic rings. The van der Waals surface area contributed by atoms with Crippen molar-refractivity contribution in [2.45, 2.75) is 45.1 Å². The van der Waals surface area contributed by atoms with E-state index in [0.29, 0.717) is 23.3 Å². The number of carbonyl (C=O) groups is 1. The molecular formula is C19H23F2NO. The molecule has 1 aromatic carbocycles. The lowest BCUT2D eigenvalue weighted by Crippen LogP contribution is -2.53. The van der Waals surface area contributed by atoms with Crippen LogP contribution in [0.5, 0.6) is 0 Å². The van der Waals surface area contributed by atoms with Crippen molar-refractivity contribution in [3.63, 3.8) is 0 Å². The summed E-state index contributed by atoms with van der Waals surface area (Å²) in [6, 6.07) is 3.58. The Labute approximate surface area is 135 Å². The van der Waals surface area contributed by atoms with Crippen LogP contribution in [0.1, 0.15) is 44.1 Å². The first kappa shape index (κ1) is 15.1. The topological polar surface area (TPSA) is 20.3 Å². The summed E-state index contributed by atoms with van der Waals surface area (Å²) < 4.78 is 26.9. The molecule has 4 aliphatic carbocycles. The monoisotopic (exact) mass is 319 g/mol. The van der Waals surface area contributed by atoms with Crippen LogP contribution in [0.2, 0.25) is 0 Å². The molecule has 1 aromatic rings. The fourth-order valence-electron chi connectivity index (χ4n) is 5.75. The minimum Gasteiger partial charge on any atom is -0.341 e. The van der Waals surface area contributed by atoms with Crippen molar-refractivity contribution in [3.8, 4) is 0 Å². The predicted molar refractivity (Wildman–Crippen MR) is 83.4 cm³/mol. The Bertz CT molecular complexity index is 607. The highest BCUT2D eigenvalue weighted by molar-refractivity contribution is 5.83. The highest BCUT2D eigenvalue weighted by Gasteiger charge is 2.55. The molecule has 1 amide bonds. The average molecular weight is 319 g/mol. The first-order valence-corrected chi connectivity index (χ1v) is 8.65. The van der Waals surface area contributed by atoms with Gasteiger partial charge in [-0.2, -0.15) is 0 Å². The van der Waals surface area contributed by atoms with Crippen molar-refractivity contribution >= 4 is 5.91 Å². The molecule has 4 bridgehead atoms. The van der Waals surface area contributed by atoms with Gasteiger partial charge in [0, 0.05) is 25.2 Å². The van der Waals surface area contributed by atoms with Gasteiger partial charge < -0.3 is 4.90 Å². The Kier molecular flexibility index (Phi) is 3.47. The van der Waals surface area contributed by atoms with Gasteiger partial charge in [-0.05, 0) is 62.3 Å². The van der Waals surface area contributed by atoms with E-state index in [1.165, 1.54) is 31.4 Å². The summed E-state index contributed by atoms with van der Waals surface area (Å²) in [6.45, 7) is 0.215. The van der Waals surface area contributed by atoms with E-state index in [1.54, 1.807) is 11.9 Å². The SMILES string of the molecule is CN(Cc1ccc(F)cc1F)C(=O)C12CC3CC(CC(C3)C1)C2. The van der Waals surface area contributed by atoms with Crippen molar-refractivity contribution < 1.29 is 13.6 Å². The lowest BCUT2D eigenvalue weighted by Gasteiger charge is -2.56. The first-order chi connectivity index (χ1) is 10.9. The number of hydrogen-bond donors (Lipinski definition) is 0. The lowest BCUT2D eigenvalue weighted by molar-refractivity contribution is -0.156. The third-order valence-corrected chi connectivity index (χ3v) is 6.26. The van der Waals surface area contributed by atoms with Crippen LogP contribution in [0.3, 0.4) is 0 Å².